The van der Waals surface area contributed by atoms with Crippen molar-refractivity contribution in [3.63, 3.8) is 0 Å². The molecule has 2 aromatic heterocycles. The van der Waals surface area contributed by atoms with Crippen molar-refractivity contribution in [2.45, 2.75) is 19.3 Å². The first-order chi connectivity index (χ1) is 7.58. The maximum absolute atomic E-state index is 9.29. The van der Waals surface area contributed by atoms with Gasteiger partial charge in [0.2, 0.25) is 0 Å². The summed E-state index contributed by atoms with van der Waals surface area (Å²) in [4.78, 5) is 0. The SMILES string of the molecule is CC(C)(CO)c1nnc2cc(C#N)ccn12. The molecular formula is C11H12N4O. The van der Waals surface area contributed by atoms with Crippen LogP contribution in [0.1, 0.15) is 25.2 Å². The average Bonchev–Trinajstić information content (AvgIpc) is 2.72. The molecule has 0 aliphatic carbocycles. The third kappa shape index (κ3) is 1.53. The molecule has 0 spiro atoms. The Hall–Kier alpha value is -1.93. The number of hydrogen-bond donors (Lipinski definition) is 1. The Morgan fingerprint density at radius 1 is 1.50 bits per heavy atom. The molecule has 0 bridgehead atoms. The fourth-order valence-corrected chi connectivity index (χ4v) is 1.49. The predicted octanol–water partition coefficient (Wildman–Crippen LogP) is 0.871. The fraction of sp³-hybridized carbons (Fsp3) is 0.364. The van der Waals surface area contributed by atoms with Crippen molar-refractivity contribution in [3.05, 3.63) is 29.7 Å². The van der Waals surface area contributed by atoms with E-state index >= 15 is 0 Å². The largest absolute Gasteiger partial charge is 0.395 e. The summed E-state index contributed by atoms with van der Waals surface area (Å²) in [6.45, 7) is 3.77. The quantitative estimate of drug-likeness (QED) is 0.808. The zero-order valence-electron chi connectivity index (χ0n) is 9.18. The molecule has 0 amide bonds. The number of aliphatic hydroxyl groups is 1. The van der Waals surface area contributed by atoms with Crippen LogP contribution in [0.4, 0.5) is 0 Å². The summed E-state index contributed by atoms with van der Waals surface area (Å²) in [5.41, 5.74) is 0.719. The summed E-state index contributed by atoms with van der Waals surface area (Å²) in [6, 6.07) is 5.42. The lowest BCUT2D eigenvalue weighted by Crippen LogP contribution is -2.25. The van der Waals surface area contributed by atoms with Gasteiger partial charge in [-0.1, -0.05) is 13.8 Å². The lowest BCUT2D eigenvalue weighted by Gasteiger charge is -2.18. The highest BCUT2D eigenvalue weighted by molar-refractivity contribution is 5.46. The predicted molar refractivity (Wildman–Crippen MR) is 57.8 cm³/mol. The van der Waals surface area contributed by atoms with E-state index in [1.54, 1.807) is 22.7 Å². The monoisotopic (exact) mass is 216 g/mol. The van der Waals surface area contributed by atoms with Gasteiger partial charge in [-0.3, -0.25) is 4.40 Å². The van der Waals surface area contributed by atoms with Crippen LogP contribution in [0.5, 0.6) is 0 Å². The number of nitriles is 1. The number of fused-ring (bicyclic) bond motifs is 1. The Morgan fingerprint density at radius 3 is 2.88 bits per heavy atom. The molecule has 0 atom stereocenters. The van der Waals surface area contributed by atoms with Gasteiger partial charge < -0.3 is 5.11 Å². The second-order valence-electron chi connectivity index (χ2n) is 4.32. The highest BCUT2D eigenvalue weighted by atomic mass is 16.3. The normalized spacial score (nSPS) is 11.6. The second-order valence-corrected chi connectivity index (χ2v) is 4.32. The Bertz CT molecular complexity index is 565. The van der Waals surface area contributed by atoms with Crippen molar-refractivity contribution < 1.29 is 5.11 Å². The Balaban J connectivity index is 2.63. The molecule has 16 heavy (non-hydrogen) atoms. The van der Waals surface area contributed by atoms with Gasteiger partial charge >= 0.3 is 0 Å². The van der Waals surface area contributed by atoms with Crippen molar-refractivity contribution in [2.75, 3.05) is 6.61 Å². The molecule has 2 rings (SSSR count). The summed E-state index contributed by atoms with van der Waals surface area (Å²) in [6.07, 6.45) is 1.75. The summed E-state index contributed by atoms with van der Waals surface area (Å²) in [7, 11) is 0. The summed E-state index contributed by atoms with van der Waals surface area (Å²) in [5, 5.41) is 26.1. The molecule has 1 N–H and O–H groups in total. The average molecular weight is 216 g/mol. The standard InChI is InChI=1S/C11H12N4O/c1-11(2,7-16)10-14-13-9-5-8(6-12)3-4-15(9)10/h3-5,16H,7H2,1-2H3. The Morgan fingerprint density at radius 2 is 2.25 bits per heavy atom. The van der Waals surface area contributed by atoms with Crippen LogP contribution in [0.2, 0.25) is 0 Å². The third-order valence-corrected chi connectivity index (χ3v) is 2.54. The minimum atomic E-state index is -0.451. The van der Waals surface area contributed by atoms with E-state index in [1.165, 1.54) is 0 Å². The van der Waals surface area contributed by atoms with Crippen LogP contribution in [0.3, 0.4) is 0 Å². The van der Waals surface area contributed by atoms with Crippen molar-refractivity contribution in [1.29, 1.82) is 5.26 Å². The molecule has 82 valence electrons. The number of pyridine rings is 1. The van der Waals surface area contributed by atoms with Crippen molar-refractivity contribution in [1.82, 2.24) is 14.6 Å². The van der Waals surface area contributed by atoms with Gasteiger partial charge in [-0.15, -0.1) is 10.2 Å². The molecule has 0 fully saturated rings. The van der Waals surface area contributed by atoms with Gasteiger partial charge in [-0.25, -0.2) is 0 Å². The maximum atomic E-state index is 9.29. The molecule has 0 aromatic carbocycles. The Labute approximate surface area is 93.0 Å². The summed E-state index contributed by atoms with van der Waals surface area (Å²) in [5.74, 6) is 0.689. The van der Waals surface area contributed by atoms with E-state index in [1.807, 2.05) is 13.8 Å². The highest BCUT2D eigenvalue weighted by Crippen LogP contribution is 2.21. The fourth-order valence-electron chi connectivity index (χ4n) is 1.49. The number of rotatable bonds is 2. The molecule has 0 unspecified atom stereocenters. The van der Waals surface area contributed by atoms with Crippen LogP contribution >= 0.6 is 0 Å². The summed E-state index contributed by atoms with van der Waals surface area (Å²) < 4.78 is 1.79. The molecule has 5 nitrogen and oxygen atoms in total. The molecule has 0 aliphatic rings. The zero-order valence-corrected chi connectivity index (χ0v) is 9.18. The molecule has 5 heteroatoms. The first-order valence-electron chi connectivity index (χ1n) is 4.95. The highest BCUT2D eigenvalue weighted by Gasteiger charge is 2.25. The van der Waals surface area contributed by atoms with Gasteiger partial charge in [0, 0.05) is 17.7 Å². The smallest absolute Gasteiger partial charge is 0.162 e. The molecule has 2 aromatic rings. The van der Waals surface area contributed by atoms with Crippen LogP contribution in [0, 0.1) is 11.3 Å². The Kier molecular flexibility index (Phi) is 2.37. The van der Waals surface area contributed by atoms with E-state index in [2.05, 4.69) is 16.3 Å². The molecule has 0 saturated heterocycles. The van der Waals surface area contributed by atoms with Gasteiger partial charge in [0.05, 0.1) is 18.2 Å². The summed E-state index contributed by atoms with van der Waals surface area (Å²) >= 11 is 0. The van der Waals surface area contributed by atoms with Crippen molar-refractivity contribution >= 4 is 5.65 Å². The van der Waals surface area contributed by atoms with Crippen LogP contribution in [-0.4, -0.2) is 26.3 Å². The van der Waals surface area contributed by atoms with E-state index in [4.69, 9.17) is 5.26 Å². The van der Waals surface area contributed by atoms with Gasteiger partial charge in [0.15, 0.2) is 5.65 Å². The first-order valence-corrected chi connectivity index (χ1v) is 4.95. The number of nitrogens with zero attached hydrogens (tertiary/aromatic N) is 4. The minimum absolute atomic E-state index is 0.00616. The molecule has 0 saturated carbocycles. The van der Waals surface area contributed by atoms with Crippen LogP contribution in [-0.2, 0) is 5.41 Å². The zero-order chi connectivity index (χ0) is 11.8. The number of aromatic nitrogens is 3. The maximum Gasteiger partial charge on any atom is 0.162 e. The molecule has 2 heterocycles. The topological polar surface area (TPSA) is 74.2 Å². The minimum Gasteiger partial charge on any atom is -0.395 e. The second kappa shape index (κ2) is 3.58. The lowest BCUT2D eigenvalue weighted by molar-refractivity contribution is 0.211. The van der Waals surface area contributed by atoms with Gasteiger partial charge in [-0.05, 0) is 6.07 Å². The molecule has 0 radical (unpaired) electrons. The van der Waals surface area contributed by atoms with Crippen molar-refractivity contribution in [3.8, 4) is 6.07 Å². The van der Waals surface area contributed by atoms with Gasteiger partial charge in [-0.2, -0.15) is 5.26 Å². The third-order valence-electron chi connectivity index (χ3n) is 2.54. The first kappa shape index (κ1) is 10.6. The van der Waals surface area contributed by atoms with Crippen LogP contribution in [0.15, 0.2) is 18.3 Å². The van der Waals surface area contributed by atoms with Crippen LogP contribution in [0.25, 0.3) is 5.65 Å². The van der Waals surface area contributed by atoms with Crippen LogP contribution < -0.4 is 0 Å². The van der Waals surface area contributed by atoms with E-state index in [0.717, 1.165) is 0 Å². The van der Waals surface area contributed by atoms with E-state index in [0.29, 0.717) is 17.0 Å². The van der Waals surface area contributed by atoms with E-state index < -0.39 is 5.41 Å². The van der Waals surface area contributed by atoms with E-state index in [9.17, 15) is 5.11 Å². The molecule has 0 aliphatic heterocycles. The number of hydrogen-bond acceptors (Lipinski definition) is 4. The lowest BCUT2D eigenvalue weighted by atomic mass is 9.94. The number of aliphatic hydroxyl groups excluding tert-OH is 1. The van der Waals surface area contributed by atoms with Gasteiger partial charge in [0.25, 0.3) is 0 Å². The van der Waals surface area contributed by atoms with Gasteiger partial charge in [0.1, 0.15) is 5.82 Å². The van der Waals surface area contributed by atoms with E-state index in [-0.39, 0.29) is 6.61 Å². The molecular weight excluding hydrogens is 204 g/mol. The van der Waals surface area contributed by atoms with Crippen molar-refractivity contribution in [2.24, 2.45) is 0 Å².